The average Bonchev–Trinajstić information content (AvgIpc) is 1.80. The van der Waals surface area contributed by atoms with E-state index in [2.05, 4.69) is 4.90 Å². The summed E-state index contributed by atoms with van der Waals surface area (Å²) < 4.78 is 0. The highest BCUT2D eigenvalue weighted by molar-refractivity contribution is 4.81. The summed E-state index contributed by atoms with van der Waals surface area (Å²) in [5.74, 6) is 0. The zero-order valence-corrected chi connectivity index (χ0v) is 6.51. The van der Waals surface area contributed by atoms with Crippen LogP contribution in [0, 0.1) is 0 Å². The van der Waals surface area contributed by atoms with Gasteiger partial charge in [-0.1, -0.05) is 0 Å². The molecule has 1 aliphatic heterocycles. The standard InChI is InChI=1S/C7H16N2O/c1-7(10,5-8)6-9-3-2-4-9/h10H,2-6,8H2,1H3. The molecule has 10 heavy (non-hydrogen) atoms. The summed E-state index contributed by atoms with van der Waals surface area (Å²) in [6.07, 6.45) is 1.26. The van der Waals surface area contributed by atoms with Gasteiger partial charge in [0.25, 0.3) is 0 Å². The first-order valence-electron chi connectivity index (χ1n) is 3.79. The molecule has 0 bridgehead atoms. The Labute approximate surface area is 61.8 Å². The lowest BCUT2D eigenvalue weighted by Crippen LogP contribution is -2.50. The molecule has 60 valence electrons. The van der Waals surface area contributed by atoms with Gasteiger partial charge in [-0.05, 0) is 26.4 Å². The van der Waals surface area contributed by atoms with Crippen molar-refractivity contribution < 1.29 is 5.11 Å². The first-order valence-corrected chi connectivity index (χ1v) is 3.79. The zero-order chi connectivity index (χ0) is 7.61. The molecule has 1 atom stereocenters. The number of likely N-dealkylation sites (tertiary alicyclic amines) is 1. The molecule has 1 heterocycles. The van der Waals surface area contributed by atoms with E-state index in [-0.39, 0.29) is 0 Å². The molecular weight excluding hydrogens is 128 g/mol. The maximum atomic E-state index is 9.49. The molecule has 1 saturated heterocycles. The van der Waals surface area contributed by atoms with Gasteiger partial charge in [-0.25, -0.2) is 0 Å². The van der Waals surface area contributed by atoms with Gasteiger partial charge in [-0.15, -0.1) is 0 Å². The van der Waals surface area contributed by atoms with Crippen molar-refractivity contribution in [1.29, 1.82) is 0 Å². The van der Waals surface area contributed by atoms with Crippen LogP contribution in [0.2, 0.25) is 0 Å². The fourth-order valence-electron chi connectivity index (χ4n) is 1.09. The largest absolute Gasteiger partial charge is 0.388 e. The Balaban J connectivity index is 2.21. The number of aliphatic hydroxyl groups is 1. The van der Waals surface area contributed by atoms with Crippen LogP contribution in [0.3, 0.4) is 0 Å². The number of hydrogen-bond acceptors (Lipinski definition) is 3. The zero-order valence-electron chi connectivity index (χ0n) is 6.51. The summed E-state index contributed by atoms with van der Waals surface area (Å²) in [5.41, 5.74) is 4.68. The smallest absolute Gasteiger partial charge is 0.0867 e. The fourth-order valence-corrected chi connectivity index (χ4v) is 1.09. The van der Waals surface area contributed by atoms with Crippen LogP contribution < -0.4 is 5.73 Å². The summed E-state index contributed by atoms with van der Waals surface area (Å²) in [6, 6.07) is 0. The highest BCUT2D eigenvalue weighted by Gasteiger charge is 2.24. The van der Waals surface area contributed by atoms with Crippen LogP contribution in [0.15, 0.2) is 0 Å². The molecule has 0 saturated carbocycles. The second-order valence-corrected chi connectivity index (χ2v) is 3.33. The lowest BCUT2D eigenvalue weighted by atomic mass is 10.0. The minimum atomic E-state index is -0.680. The summed E-state index contributed by atoms with van der Waals surface area (Å²) in [4.78, 5) is 2.22. The van der Waals surface area contributed by atoms with Crippen molar-refractivity contribution in [3.63, 3.8) is 0 Å². The van der Waals surface area contributed by atoms with Crippen molar-refractivity contribution in [1.82, 2.24) is 4.90 Å². The Morgan fingerprint density at radius 2 is 2.20 bits per heavy atom. The molecule has 0 aliphatic carbocycles. The van der Waals surface area contributed by atoms with Gasteiger partial charge in [0.2, 0.25) is 0 Å². The number of rotatable bonds is 3. The maximum absolute atomic E-state index is 9.49. The van der Waals surface area contributed by atoms with E-state index in [1.54, 1.807) is 6.92 Å². The Morgan fingerprint density at radius 1 is 1.60 bits per heavy atom. The molecule has 0 aromatic heterocycles. The molecule has 1 rings (SSSR count). The van der Waals surface area contributed by atoms with E-state index in [1.165, 1.54) is 6.42 Å². The number of hydrogen-bond donors (Lipinski definition) is 2. The lowest BCUT2D eigenvalue weighted by molar-refractivity contribution is 0.00800. The topological polar surface area (TPSA) is 49.5 Å². The molecule has 3 N–H and O–H groups in total. The number of nitrogens with zero attached hydrogens (tertiary/aromatic N) is 1. The van der Waals surface area contributed by atoms with Crippen LogP contribution >= 0.6 is 0 Å². The van der Waals surface area contributed by atoms with Crippen molar-refractivity contribution in [2.45, 2.75) is 18.9 Å². The molecule has 1 aliphatic rings. The van der Waals surface area contributed by atoms with Gasteiger partial charge in [-0.2, -0.15) is 0 Å². The molecule has 0 aromatic rings. The molecule has 3 nitrogen and oxygen atoms in total. The quantitative estimate of drug-likeness (QED) is 0.556. The highest BCUT2D eigenvalue weighted by atomic mass is 16.3. The van der Waals surface area contributed by atoms with Gasteiger partial charge in [0.05, 0.1) is 5.60 Å². The minimum Gasteiger partial charge on any atom is -0.388 e. The van der Waals surface area contributed by atoms with Crippen LogP contribution in [0.1, 0.15) is 13.3 Å². The molecule has 1 fully saturated rings. The Morgan fingerprint density at radius 3 is 2.50 bits per heavy atom. The Bertz CT molecular complexity index is 110. The second-order valence-electron chi connectivity index (χ2n) is 3.33. The first-order chi connectivity index (χ1) is 4.64. The van der Waals surface area contributed by atoms with Crippen molar-refractivity contribution in [2.75, 3.05) is 26.2 Å². The summed E-state index contributed by atoms with van der Waals surface area (Å²) in [7, 11) is 0. The molecule has 0 radical (unpaired) electrons. The van der Waals surface area contributed by atoms with E-state index in [0.29, 0.717) is 6.54 Å². The summed E-state index contributed by atoms with van der Waals surface area (Å²) >= 11 is 0. The normalized spacial score (nSPS) is 25.5. The predicted octanol–water partition coefficient (Wildman–Crippen LogP) is -0.598. The summed E-state index contributed by atoms with van der Waals surface area (Å²) in [6.45, 7) is 5.10. The third-order valence-corrected chi connectivity index (χ3v) is 1.95. The molecule has 0 aromatic carbocycles. The van der Waals surface area contributed by atoms with Crippen molar-refractivity contribution >= 4 is 0 Å². The highest BCUT2D eigenvalue weighted by Crippen LogP contribution is 2.11. The van der Waals surface area contributed by atoms with Crippen LogP contribution in [0.25, 0.3) is 0 Å². The van der Waals surface area contributed by atoms with Crippen molar-refractivity contribution in [2.24, 2.45) is 5.73 Å². The minimum absolute atomic E-state index is 0.351. The van der Waals surface area contributed by atoms with Gasteiger partial charge in [0, 0.05) is 13.1 Å². The Hall–Kier alpha value is -0.120. The van der Waals surface area contributed by atoms with E-state index in [1.807, 2.05) is 0 Å². The molecule has 1 unspecified atom stereocenters. The molecular formula is C7H16N2O. The van der Waals surface area contributed by atoms with Crippen LogP contribution in [0.5, 0.6) is 0 Å². The van der Waals surface area contributed by atoms with E-state index < -0.39 is 5.60 Å². The van der Waals surface area contributed by atoms with E-state index in [0.717, 1.165) is 19.6 Å². The fraction of sp³-hybridized carbons (Fsp3) is 1.00. The number of β-amino-alcohol motifs (C(OH)–C–C–N with tert-alkyl or cyclic N) is 1. The SMILES string of the molecule is CC(O)(CN)CN1CCC1. The summed E-state index contributed by atoms with van der Waals surface area (Å²) in [5, 5.41) is 9.49. The van der Waals surface area contributed by atoms with E-state index >= 15 is 0 Å². The van der Waals surface area contributed by atoms with Crippen LogP contribution in [-0.2, 0) is 0 Å². The molecule has 0 amide bonds. The third kappa shape index (κ3) is 1.94. The van der Waals surface area contributed by atoms with Crippen molar-refractivity contribution in [3.05, 3.63) is 0 Å². The van der Waals surface area contributed by atoms with Gasteiger partial charge in [0.15, 0.2) is 0 Å². The molecule has 3 heteroatoms. The Kier molecular flexibility index (Phi) is 2.28. The van der Waals surface area contributed by atoms with Crippen molar-refractivity contribution in [3.8, 4) is 0 Å². The van der Waals surface area contributed by atoms with Gasteiger partial charge in [-0.3, -0.25) is 0 Å². The predicted molar refractivity (Wildman–Crippen MR) is 40.7 cm³/mol. The van der Waals surface area contributed by atoms with Gasteiger partial charge >= 0.3 is 0 Å². The second kappa shape index (κ2) is 2.86. The first kappa shape index (κ1) is 7.98. The van der Waals surface area contributed by atoms with Crippen LogP contribution in [-0.4, -0.2) is 41.8 Å². The van der Waals surface area contributed by atoms with E-state index in [4.69, 9.17) is 5.73 Å². The lowest BCUT2D eigenvalue weighted by Gasteiger charge is -2.36. The average molecular weight is 144 g/mol. The number of nitrogens with two attached hydrogens (primary N) is 1. The van der Waals surface area contributed by atoms with Gasteiger partial charge in [0.1, 0.15) is 0 Å². The van der Waals surface area contributed by atoms with E-state index in [9.17, 15) is 5.11 Å². The van der Waals surface area contributed by atoms with Crippen LogP contribution in [0.4, 0.5) is 0 Å². The van der Waals surface area contributed by atoms with Gasteiger partial charge < -0.3 is 15.7 Å². The molecule has 0 spiro atoms. The third-order valence-electron chi connectivity index (χ3n) is 1.95. The maximum Gasteiger partial charge on any atom is 0.0867 e. The monoisotopic (exact) mass is 144 g/mol.